The highest BCUT2D eigenvalue weighted by Crippen LogP contribution is 2.39. The second kappa shape index (κ2) is 4.21. The molecule has 6 heteroatoms. The number of nitrogens with zero attached hydrogens (tertiary/aromatic N) is 1. The number of aromatic nitrogens is 1. The van der Waals surface area contributed by atoms with Crippen molar-refractivity contribution in [2.75, 3.05) is 5.73 Å². The number of nitrogen functional groups attached to an aromatic ring is 1. The molecule has 0 aliphatic carbocycles. The molecule has 0 aliphatic heterocycles. The van der Waals surface area contributed by atoms with Crippen LogP contribution in [0.25, 0.3) is 22.6 Å². The van der Waals surface area contributed by atoms with Crippen molar-refractivity contribution >= 4 is 39.0 Å². The molecule has 3 aromatic rings. The molecule has 0 aliphatic rings. The van der Waals surface area contributed by atoms with Gasteiger partial charge in [-0.25, -0.2) is 9.37 Å². The molecule has 0 saturated heterocycles. The Bertz CT molecular complexity index is 755. The zero-order valence-corrected chi connectivity index (χ0v) is 11.8. The van der Waals surface area contributed by atoms with E-state index in [-0.39, 0.29) is 5.02 Å². The minimum atomic E-state index is -0.525. The lowest BCUT2D eigenvalue weighted by Crippen LogP contribution is -1.85. The van der Waals surface area contributed by atoms with E-state index in [1.165, 1.54) is 23.5 Å². The predicted molar refractivity (Wildman–Crippen MR) is 76.2 cm³/mol. The van der Waals surface area contributed by atoms with Crippen molar-refractivity contribution in [2.24, 2.45) is 0 Å². The van der Waals surface area contributed by atoms with Gasteiger partial charge in [-0.05, 0) is 25.5 Å². The molecule has 0 radical (unpaired) electrons. The number of anilines is 1. The number of fused-ring (bicyclic) bond motifs is 1. The number of nitrogens with two attached hydrogens (primary N) is 1. The molecule has 3 rings (SSSR count). The fourth-order valence-corrected chi connectivity index (χ4v) is 3.04. The van der Waals surface area contributed by atoms with Crippen LogP contribution < -0.4 is 5.73 Å². The van der Waals surface area contributed by atoms with Gasteiger partial charge in [0.1, 0.15) is 11.3 Å². The Kier molecular flexibility index (Phi) is 2.76. The Hall–Kier alpha value is -1.59. The van der Waals surface area contributed by atoms with Crippen LogP contribution in [-0.2, 0) is 0 Å². The molecule has 0 bridgehead atoms. The summed E-state index contributed by atoms with van der Waals surface area (Å²) in [6.45, 7) is 3.94. The molecule has 0 atom stereocenters. The van der Waals surface area contributed by atoms with Crippen molar-refractivity contribution in [3.05, 3.63) is 33.4 Å². The molecule has 19 heavy (non-hydrogen) atoms. The van der Waals surface area contributed by atoms with E-state index in [0.717, 1.165) is 16.0 Å². The molecule has 1 aromatic carbocycles. The first-order chi connectivity index (χ1) is 8.97. The Balaban J connectivity index is 2.26. The van der Waals surface area contributed by atoms with E-state index in [1.807, 2.05) is 13.8 Å². The summed E-state index contributed by atoms with van der Waals surface area (Å²) in [5.74, 6) is -0.126. The van der Waals surface area contributed by atoms with Crippen molar-refractivity contribution in [1.82, 2.24) is 4.98 Å². The van der Waals surface area contributed by atoms with Gasteiger partial charge in [0.25, 0.3) is 0 Å². The number of hydrogen-bond donors (Lipinski definition) is 1. The summed E-state index contributed by atoms with van der Waals surface area (Å²) < 4.78 is 19.0. The van der Waals surface area contributed by atoms with Gasteiger partial charge in [-0.2, -0.15) is 0 Å². The predicted octanol–water partition coefficient (Wildman–Crippen LogP) is 4.55. The van der Waals surface area contributed by atoms with Crippen LogP contribution in [0.5, 0.6) is 0 Å². The van der Waals surface area contributed by atoms with Crippen LogP contribution in [0.4, 0.5) is 9.39 Å². The second-order valence-corrected chi connectivity index (χ2v) is 5.94. The maximum atomic E-state index is 13.4. The van der Waals surface area contributed by atoms with Crippen LogP contribution in [0, 0.1) is 19.7 Å². The van der Waals surface area contributed by atoms with Gasteiger partial charge in [-0.1, -0.05) is 11.6 Å². The van der Waals surface area contributed by atoms with Crippen molar-refractivity contribution in [1.29, 1.82) is 0 Å². The number of oxazole rings is 1. The lowest BCUT2D eigenvalue weighted by atomic mass is 10.1. The fourth-order valence-electron chi connectivity index (χ4n) is 1.95. The van der Waals surface area contributed by atoms with Gasteiger partial charge < -0.3 is 10.2 Å². The Labute approximate surface area is 117 Å². The number of rotatable bonds is 1. The maximum absolute atomic E-state index is 13.4. The van der Waals surface area contributed by atoms with Crippen LogP contribution in [0.1, 0.15) is 10.4 Å². The molecule has 0 fully saturated rings. The third kappa shape index (κ3) is 1.89. The van der Waals surface area contributed by atoms with E-state index >= 15 is 0 Å². The van der Waals surface area contributed by atoms with Gasteiger partial charge in [-0.3, -0.25) is 0 Å². The number of benzene rings is 1. The van der Waals surface area contributed by atoms with Gasteiger partial charge >= 0.3 is 0 Å². The van der Waals surface area contributed by atoms with E-state index in [0.29, 0.717) is 22.0 Å². The molecule has 2 heterocycles. The second-order valence-electron chi connectivity index (χ2n) is 4.28. The zero-order chi connectivity index (χ0) is 13.7. The topological polar surface area (TPSA) is 52.0 Å². The van der Waals surface area contributed by atoms with Gasteiger partial charge in [0, 0.05) is 10.9 Å². The standard InChI is InChI=1S/C13H10ClFN2OS/c1-5-6(2)19-12(16)11(5)13-17-9-3-7(14)8(15)4-10(9)18-13/h3-4H,16H2,1-2H3. The highest BCUT2D eigenvalue weighted by atomic mass is 35.5. The van der Waals surface area contributed by atoms with Crippen molar-refractivity contribution < 1.29 is 8.81 Å². The molecule has 2 N–H and O–H groups in total. The highest BCUT2D eigenvalue weighted by Gasteiger charge is 2.18. The van der Waals surface area contributed by atoms with Gasteiger partial charge in [0.2, 0.25) is 5.89 Å². The molecule has 0 saturated carbocycles. The smallest absolute Gasteiger partial charge is 0.230 e. The summed E-state index contributed by atoms with van der Waals surface area (Å²) in [5.41, 5.74) is 8.65. The van der Waals surface area contributed by atoms with E-state index in [4.69, 9.17) is 21.8 Å². The monoisotopic (exact) mass is 296 g/mol. The molecule has 0 unspecified atom stereocenters. The third-order valence-electron chi connectivity index (χ3n) is 3.06. The van der Waals surface area contributed by atoms with Gasteiger partial charge in [0.15, 0.2) is 5.58 Å². The van der Waals surface area contributed by atoms with Crippen LogP contribution in [0.15, 0.2) is 16.5 Å². The van der Waals surface area contributed by atoms with Gasteiger partial charge in [-0.15, -0.1) is 11.3 Å². The Morgan fingerprint density at radius 2 is 2.11 bits per heavy atom. The lowest BCUT2D eigenvalue weighted by molar-refractivity contribution is 0.602. The molecular formula is C13H10ClFN2OS. The van der Waals surface area contributed by atoms with Crippen molar-refractivity contribution in [2.45, 2.75) is 13.8 Å². The normalized spacial score (nSPS) is 11.4. The molecular weight excluding hydrogens is 287 g/mol. The number of halogens is 2. The fraction of sp³-hybridized carbons (Fsp3) is 0.154. The zero-order valence-electron chi connectivity index (χ0n) is 10.3. The summed E-state index contributed by atoms with van der Waals surface area (Å²) >= 11 is 7.21. The van der Waals surface area contributed by atoms with E-state index in [2.05, 4.69) is 4.98 Å². The van der Waals surface area contributed by atoms with Crippen LogP contribution >= 0.6 is 22.9 Å². The van der Waals surface area contributed by atoms with Crippen molar-refractivity contribution in [3.8, 4) is 11.5 Å². The highest BCUT2D eigenvalue weighted by molar-refractivity contribution is 7.16. The summed E-state index contributed by atoms with van der Waals surface area (Å²) in [6, 6.07) is 2.68. The van der Waals surface area contributed by atoms with E-state index < -0.39 is 5.82 Å². The Morgan fingerprint density at radius 1 is 1.37 bits per heavy atom. The van der Waals surface area contributed by atoms with E-state index in [1.54, 1.807) is 0 Å². The van der Waals surface area contributed by atoms with E-state index in [9.17, 15) is 4.39 Å². The van der Waals surface area contributed by atoms with Crippen LogP contribution in [0.2, 0.25) is 5.02 Å². The SMILES string of the molecule is Cc1sc(N)c(-c2nc3cc(Cl)c(F)cc3o2)c1C. The molecule has 0 amide bonds. The molecule has 0 spiro atoms. The van der Waals surface area contributed by atoms with Crippen LogP contribution in [0.3, 0.4) is 0 Å². The first-order valence-electron chi connectivity index (χ1n) is 5.59. The summed E-state index contributed by atoms with van der Waals surface area (Å²) in [5, 5.41) is 0.673. The lowest BCUT2D eigenvalue weighted by Gasteiger charge is -1.95. The molecule has 3 nitrogen and oxygen atoms in total. The van der Waals surface area contributed by atoms with Crippen LogP contribution in [-0.4, -0.2) is 4.98 Å². The number of thiophene rings is 1. The average molecular weight is 297 g/mol. The minimum Gasteiger partial charge on any atom is -0.436 e. The summed E-state index contributed by atoms with van der Waals surface area (Å²) in [4.78, 5) is 5.44. The summed E-state index contributed by atoms with van der Waals surface area (Å²) in [6.07, 6.45) is 0. The maximum Gasteiger partial charge on any atom is 0.230 e. The number of aryl methyl sites for hydroxylation is 1. The number of hydrogen-bond acceptors (Lipinski definition) is 4. The molecule has 98 valence electrons. The first kappa shape index (κ1) is 12.4. The average Bonchev–Trinajstić information content (AvgIpc) is 2.82. The summed E-state index contributed by atoms with van der Waals surface area (Å²) in [7, 11) is 0. The van der Waals surface area contributed by atoms with Crippen molar-refractivity contribution in [3.63, 3.8) is 0 Å². The Morgan fingerprint density at radius 3 is 2.74 bits per heavy atom. The quantitative estimate of drug-likeness (QED) is 0.717. The largest absolute Gasteiger partial charge is 0.436 e. The van der Waals surface area contributed by atoms with Gasteiger partial charge in [0.05, 0.1) is 15.6 Å². The molecule has 2 aromatic heterocycles. The first-order valence-corrected chi connectivity index (χ1v) is 6.78. The minimum absolute atomic E-state index is 0.0264. The third-order valence-corrected chi connectivity index (χ3v) is 4.38.